The third-order valence-electron chi connectivity index (χ3n) is 2.57. The van der Waals surface area contributed by atoms with Crippen LogP contribution < -0.4 is 11.5 Å². The minimum absolute atomic E-state index is 0.159. The number of phenolic OH excluding ortho intramolecular Hbond substituents is 1. The summed E-state index contributed by atoms with van der Waals surface area (Å²) in [5.41, 5.74) is 12.7. The molecule has 0 atom stereocenters. The van der Waals surface area contributed by atoms with Crippen molar-refractivity contribution in [2.75, 3.05) is 12.3 Å². The molecule has 2 rings (SSSR count). The molecule has 0 aliphatic heterocycles. The zero-order chi connectivity index (χ0) is 10.8. The van der Waals surface area contributed by atoms with Gasteiger partial charge in [0, 0.05) is 5.39 Å². The molecule has 2 aromatic rings. The first-order valence-corrected chi connectivity index (χ1v) is 4.93. The number of aromatic hydroxyl groups is 1. The Bertz CT molecular complexity index is 494. The molecule has 0 radical (unpaired) electrons. The number of nitrogen functional groups attached to an aromatic ring is 1. The van der Waals surface area contributed by atoms with Gasteiger partial charge in [0.2, 0.25) is 0 Å². The van der Waals surface area contributed by atoms with Gasteiger partial charge < -0.3 is 16.6 Å². The van der Waals surface area contributed by atoms with Gasteiger partial charge in [-0.25, -0.2) is 0 Å². The van der Waals surface area contributed by atoms with E-state index in [4.69, 9.17) is 11.5 Å². The van der Waals surface area contributed by atoms with Crippen LogP contribution in [-0.4, -0.2) is 11.7 Å². The van der Waals surface area contributed by atoms with E-state index in [1.54, 1.807) is 6.07 Å². The first kappa shape index (κ1) is 9.80. The van der Waals surface area contributed by atoms with Crippen molar-refractivity contribution in [3.05, 3.63) is 35.9 Å². The van der Waals surface area contributed by atoms with Crippen LogP contribution in [-0.2, 0) is 6.42 Å². The monoisotopic (exact) mass is 202 g/mol. The zero-order valence-electron chi connectivity index (χ0n) is 8.40. The summed E-state index contributed by atoms with van der Waals surface area (Å²) in [5, 5.41) is 11.6. The topological polar surface area (TPSA) is 72.3 Å². The Morgan fingerprint density at radius 1 is 1.07 bits per heavy atom. The largest absolute Gasteiger partial charge is 0.505 e. The van der Waals surface area contributed by atoms with E-state index in [1.165, 1.54) is 0 Å². The van der Waals surface area contributed by atoms with Gasteiger partial charge in [0.15, 0.2) is 0 Å². The quantitative estimate of drug-likeness (QED) is 0.512. The SMILES string of the molecule is NCCc1cccc2c(O)c(N)ccc12. The van der Waals surface area contributed by atoms with Crippen molar-refractivity contribution in [2.24, 2.45) is 5.73 Å². The summed E-state index contributed by atoms with van der Waals surface area (Å²) in [4.78, 5) is 0. The summed E-state index contributed by atoms with van der Waals surface area (Å²) in [6.45, 7) is 0.601. The molecule has 0 aromatic heterocycles. The van der Waals surface area contributed by atoms with E-state index in [2.05, 4.69) is 0 Å². The van der Waals surface area contributed by atoms with E-state index < -0.39 is 0 Å². The molecule has 0 saturated heterocycles. The molecule has 3 nitrogen and oxygen atoms in total. The lowest BCUT2D eigenvalue weighted by molar-refractivity contribution is 0.484. The Labute approximate surface area is 88.3 Å². The molecule has 3 heteroatoms. The van der Waals surface area contributed by atoms with E-state index in [0.29, 0.717) is 12.2 Å². The van der Waals surface area contributed by atoms with Crippen LogP contribution >= 0.6 is 0 Å². The molecule has 0 amide bonds. The van der Waals surface area contributed by atoms with Gasteiger partial charge in [-0.15, -0.1) is 0 Å². The van der Waals surface area contributed by atoms with Crippen molar-refractivity contribution in [3.63, 3.8) is 0 Å². The summed E-state index contributed by atoms with van der Waals surface area (Å²) < 4.78 is 0. The standard InChI is InChI=1S/C12H14N2O/c13-7-6-8-2-1-3-10-9(8)4-5-11(14)12(10)15/h1-5,15H,6-7,13-14H2. The Kier molecular flexibility index (Phi) is 2.47. The molecule has 5 N–H and O–H groups in total. The van der Waals surface area contributed by atoms with Gasteiger partial charge in [-0.05, 0) is 30.0 Å². The average Bonchev–Trinajstić information content (AvgIpc) is 2.25. The maximum Gasteiger partial charge on any atom is 0.146 e. The number of nitrogens with two attached hydrogens (primary N) is 2. The predicted molar refractivity (Wildman–Crippen MR) is 62.8 cm³/mol. The fourth-order valence-corrected chi connectivity index (χ4v) is 1.80. The minimum atomic E-state index is 0.159. The molecule has 0 heterocycles. The highest BCUT2D eigenvalue weighted by Gasteiger charge is 2.06. The van der Waals surface area contributed by atoms with Gasteiger partial charge in [0.1, 0.15) is 5.75 Å². The average molecular weight is 202 g/mol. The highest BCUT2D eigenvalue weighted by atomic mass is 16.3. The molecule has 78 valence electrons. The van der Waals surface area contributed by atoms with Crippen LogP contribution in [0.25, 0.3) is 10.8 Å². The van der Waals surface area contributed by atoms with Crippen LogP contribution in [0.2, 0.25) is 0 Å². The molecular weight excluding hydrogens is 188 g/mol. The lowest BCUT2D eigenvalue weighted by Crippen LogP contribution is -2.03. The summed E-state index contributed by atoms with van der Waals surface area (Å²) in [7, 11) is 0. The first-order valence-electron chi connectivity index (χ1n) is 4.93. The lowest BCUT2D eigenvalue weighted by atomic mass is 10.0. The maximum atomic E-state index is 9.79. The van der Waals surface area contributed by atoms with E-state index in [9.17, 15) is 5.11 Å². The number of hydrogen-bond donors (Lipinski definition) is 3. The molecule has 15 heavy (non-hydrogen) atoms. The Balaban J connectivity index is 2.72. The van der Waals surface area contributed by atoms with Crippen LogP contribution in [0, 0.1) is 0 Å². The summed E-state index contributed by atoms with van der Waals surface area (Å²) in [6.07, 6.45) is 0.806. The van der Waals surface area contributed by atoms with Crippen LogP contribution in [0.15, 0.2) is 30.3 Å². The molecule has 2 aromatic carbocycles. The molecular formula is C12H14N2O. The van der Waals surface area contributed by atoms with Crippen LogP contribution in [0.1, 0.15) is 5.56 Å². The number of rotatable bonds is 2. The number of benzene rings is 2. The smallest absolute Gasteiger partial charge is 0.146 e. The first-order chi connectivity index (χ1) is 7.24. The number of hydrogen-bond acceptors (Lipinski definition) is 3. The van der Waals surface area contributed by atoms with Crippen LogP contribution in [0.3, 0.4) is 0 Å². The van der Waals surface area contributed by atoms with Gasteiger partial charge >= 0.3 is 0 Å². The summed E-state index contributed by atoms with van der Waals surface area (Å²) >= 11 is 0. The minimum Gasteiger partial charge on any atom is -0.505 e. The number of phenols is 1. The van der Waals surface area contributed by atoms with Gasteiger partial charge in [0.05, 0.1) is 5.69 Å². The summed E-state index contributed by atoms with van der Waals surface area (Å²) in [5.74, 6) is 0.159. The number of fused-ring (bicyclic) bond motifs is 1. The van der Waals surface area contributed by atoms with E-state index in [1.807, 2.05) is 24.3 Å². The van der Waals surface area contributed by atoms with E-state index in [-0.39, 0.29) is 5.75 Å². The lowest BCUT2D eigenvalue weighted by Gasteiger charge is -2.08. The molecule has 0 aliphatic rings. The van der Waals surface area contributed by atoms with E-state index >= 15 is 0 Å². The third kappa shape index (κ3) is 1.62. The van der Waals surface area contributed by atoms with Crippen molar-refractivity contribution in [1.82, 2.24) is 0 Å². The maximum absolute atomic E-state index is 9.79. The highest BCUT2D eigenvalue weighted by molar-refractivity contribution is 5.94. The Hall–Kier alpha value is -1.74. The second-order valence-electron chi connectivity index (χ2n) is 3.55. The Morgan fingerprint density at radius 2 is 1.87 bits per heavy atom. The predicted octanol–water partition coefficient (Wildman–Crippen LogP) is 1.63. The van der Waals surface area contributed by atoms with Crippen LogP contribution in [0.5, 0.6) is 5.75 Å². The molecule has 0 bridgehead atoms. The second-order valence-corrected chi connectivity index (χ2v) is 3.55. The molecule has 0 spiro atoms. The third-order valence-corrected chi connectivity index (χ3v) is 2.57. The number of anilines is 1. The molecule has 0 aliphatic carbocycles. The van der Waals surface area contributed by atoms with Crippen molar-refractivity contribution in [3.8, 4) is 5.75 Å². The van der Waals surface area contributed by atoms with Gasteiger partial charge in [0.25, 0.3) is 0 Å². The molecule has 0 unspecified atom stereocenters. The Morgan fingerprint density at radius 3 is 2.60 bits per heavy atom. The van der Waals surface area contributed by atoms with Gasteiger partial charge in [-0.2, -0.15) is 0 Å². The van der Waals surface area contributed by atoms with Crippen molar-refractivity contribution in [1.29, 1.82) is 0 Å². The highest BCUT2D eigenvalue weighted by Crippen LogP contribution is 2.32. The van der Waals surface area contributed by atoms with Crippen molar-refractivity contribution < 1.29 is 5.11 Å². The second kappa shape index (κ2) is 3.79. The zero-order valence-corrected chi connectivity index (χ0v) is 8.40. The van der Waals surface area contributed by atoms with Crippen molar-refractivity contribution >= 4 is 16.5 Å². The molecule has 0 fully saturated rings. The summed E-state index contributed by atoms with van der Waals surface area (Å²) in [6, 6.07) is 9.44. The molecule has 0 saturated carbocycles. The normalized spacial score (nSPS) is 10.7. The fraction of sp³-hybridized carbons (Fsp3) is 0.167. The van der Waals surface area contributed by atoms with E-state index in [0.717, 1.165) is 22.8 Å². The van der Waals surface area contributed by atoms with Gasteiger partial charge in [-0.3, -0.25) is 0 Å². The fourth-order valence-electron chi connectivity index (χ4n) is 1.80. The van der Waals surface area contributed by atoms with Gasteiger partial charge in [-0.1, -0.05) is 24.3 Å². The van der Waals surface area contributed by atoms with Crippen LogP contribution in [0.4, 0.5) is 5.69 Å². The van der Waals surface area contributed by atoms with Crippen molar-refractivity contribution in [2.45, 2.75) is 6.42 Å².